The van der Waals surface area contributed by atoms with Gasteiger partial charge in [-0.25, -0.2) is 23.5 Å². The van der Waals surface area contributed by atoms with Crippen molar-refractivity contribution in [3.05, 3.63) is 61.9 Å². The number of rotatable bonds is 12. The van der Waals surface area contributed by atoms with Crippen LogP contribution in [0, 0.1) is 0 Å². The zero-order valence-electron chi connectivity index (χ0n) is 21.4. The monoisotopic (exact) mass is 514 g/mol. The molecule has 2 atom stereocenters. The Kier molecular flexibility index (Phi) is 8.80. The molecule has 0 aliphatic carbocycles. The fourth-order valence-corrected chi connectivity index (χ4v) is 3.71. The summed E-state index contributed by atoms with van der Waals surface area (Å²) in [6, 6.07) is 0.918. The Labute approximate surface area is 214 Å². The van der Waals surface area contributed by atoms with Crippen LogP contribution in [0.1, 0.15) is 38.9 Å². The lowest BCUT2D eigenvalue weighted by molar-refractivity contribution is -0.0385. The fourth-order valence-electron chi connectivity index (χ4n) is 3.71. The molecule has 0 unspecified atom stereocenters. The lowest BCUT2D eigenvalue weighted by Gasteiger charge is -2.29. The highest BCUT2D eigenvalue weighted by atomic mass is 19.3. The minimum atomic E-state index is -3.10. The Morgan fingerprint density at radius 2 is 2.08 bits per heavy atom. The highest BCUT2D eigenvalue weighted by molar-refractivity contribution is 5.75. The first kappa shape index (κ1) is 27.6. The molecule has 3 aromatic rings. The molecule has 3 heterocycles. The number of nitrogens with zero attached hydrogens (tertiary/aromatic N) is 5. The van der Waals surface area contributed by atoms with E-state index in [1.165, 1.54) is 19.5 Å². The molecule has 0 aliphatic heterocycles. The van der Waals surface area contributed by atoms with Gasteiger partial charge in [-0.15, -0.1) is 13.2 Å². The number of imidazole rings is 1. The van der Waals surface area contributed by atoms with Crippen LogP contribution in [0.15, 0.2) is 56.2 Å². The topological polar surface area (TPSA) is 93.9 Å². The number of carbonyl (C=O) groups is 1. The van der Waals surface area contributed by atoms with Crippen LogP contribution >= 0.6 is 0 Å². The molecule has 2 amide bonds. The van der Waals surface area contributed by atoms with E-state index in [-0.39, 0.29) is 18.0 Å². The highest BCUT2D eigenvalue weighted by Crippen LogP contribution is 2.33. The zero-order chi connectivity index (χ0) is 27.2. The molecule has 0 fully saturated rings. The maximum atomic E-state index is 14.1. The van der Waals surface area contributed by atoms with Crippen molar-refractivity contribution in [3.8, 4) is 22.9 Å². The van der Waals surface area contributed by atoms with E-state index in [1.807, 2.05) is 20.8 Å². The van der Waals surface area contributed by atoms with Gasteiger partial charge >= 0.3 is 6.03 Å². The van der Waals surface area contributed by atoms with Gasteiger partial charge in [0.25, 0.3) is 11.8 Å². The number of methoxy groups -OCH3 is 1. The average molecular weight is 515 g/mol. The number of alkyl halides is 2. The normalized spacial score (nSPS) is 13.0. The number of fused-ring (bicyclic) bond motifs is 1. The van der Waals surface area contributed by atoms with Crippen molar-refractivity contribution in [1.29, 1.82) is 0 Å². The summed E-state index contributed by atoms with van der Waals surface area (Å²) in [5.41, 5.74) is 1.83. The number of halogens is 2. The second kappa shape index (κ2) is 11.8. The zero-order valence-corrected chi connectivity index (χ0v) is 21.4. The first-order valence-electron chi connectivity index (χ1n) is 11.8. The van der Waals surface area contributed by atoms with Crippen molar-refractivity contribution in [2.45, 2.75) is 45.2 Å². The van der Waals surface area contributed by atoms with Crippen molar-refractivity contribution < 1.29 is 23.0 Å². The molecule has 0 radical (unpaired) electrons. The summed E-state index contributed by atoms with van der Waals surface area (Å²) in [7, 11) is 1.50. The van der Waals surface area contributed by atoms with E-state index >= 15 is 0 Å². The molecule has 0 aliphatic rings. The summed E-state index contributed by atoms with van der Waals surface area (Å²) in [5.74, 6) is -2.74. The van der Waals surface area contributed by atoms with Gasteiger partial charge in [0.2, 0.25) is 5.65 Å². The predicted molar refractivity (Wildman–Crippen MR) is 137 cm³/mol. The Morgan fingerprint density at radius 3 is 2.73 bits per heavy atom. The van der Waals surface area contributed by atoms with E-state index in [9.17, 15) is 13.6 Å². The number of nitrogens with one attached hydrogen (secondary N) is 1. The number of hydrogen-bond acceptors (Lipinski definition) is 6. The molecule has 0 spiro atoms. The number of carbonyl (C=O) groups excluding carboxylic acids is 1. The molecule has 0 saturated carbocycles. The molecule has 37 heavy (non-hydrogen) atoms. The second-order valence-electron chi connectivity index (χ2n) is 8.47. The van der Waals surface area contributed by atoms with E-state index in [2.05, 4.69) is 33.4 Å². The van der Waals surface area contributed by atoms with E-state index in [0.29, 0.717) is 34.9 Å². The van der Waals surface area contributed by atoms with Crippen LogP contribution in [0.4, 0.5) is 13.6 Å². The van der Waals surface area contributed by atoms with Crippen LogP contribution in [0.3, 0.4) is 0 Å². The van der Waals surface area contributed by atoms with Crippen molar-refractivity contribution in [1.82, 2.24) is 29.6 Å². The van der Waals surface area contributed by atoms with Crippen molar-refractivity contribution in [2.24, 2.45) is 0 Å². The van der Waals surface area contributed by atoms with Crippen LogP contribution in [-0.4, -0.2) is 62.5 Å². The van der Waals surface area contributed by atoms with Crippen molar-refractivity contribution in [2.75, 3.05) is 20.3 Å². The first-order chi connectivity index (χ1) is 17.6. The van der Waals surface area contributed by atoms with Crippen LogP contribution < -0.4 is 14.8 Å². The molecule has 0 bridgehead atoms. The molecular weight excluding hydrogens is 482 g/mol. The van der Waals surface area contributed by atoms with Gasteiger partial charge in [-0.05, 0) is 26.8 Å². The molecule has 1 N–H and O–H groups in total. The second-order valence-corrected chi connectivity index (χ2v) is 8.47. The molecule has 9 nitrogen and oxygen atoms in total. The summed E-state index contributed by atoms with van der Waals surface area (Å²) in [4.78, 5) is 27.6. The SMILES string of the molecule is C=CCC(F)(F)COc1nc(-c2cc([C@@H](C)N(CC)C(=O)N[C@@H](C)C=C)ncc2OC)cn2ccnc12. The number of aromatic nitrogens is 4. The summed E-state index contributed by atoms with van der Waals surface area (Å²) in [6.45, 7) is 12.2. The van der Waals surface area contributed by atoms with Gasteiger partial charge in [-0.1, -0.05) is 12.2 Å². The third-order valence-electron chi connectivity index (χ3n) is 5.79. The summed E-state index contributed by atoms with van der Waals surface area (Å²) in [5, 5.41) is 2.87. The first-order valence-corrected chi connectivity index (χ1v) is 11.8. The van der Waals surface area contributed by atoms with E-state index in [1.54, 1.807) is 33.8 Å². The van der Waals surface area contributed by atoms with E-state index < -0.39 is 25.0 Å². The predicted octanol–water partition coefficient (Wildman–Crippen LogP) is 5.06. The summed E-state index contributed by atoms with van der Waals surface area (Å²) in [6.07, 6.45) is 8.68. The minimum absolute atomic E-state index is 0.0484. The van der Waals surface area contributed by atoms with E-state index in [0.717, 1.165) is 6.08 Å². The number of urea groups is 1. The standard InChI is InChI=1S/C26H32F2N6O3/c1-7-10-26(27,28)16-37-24-23-29-11-12-33(23)15-21(32-24)19-13-20(30-14-22(19)36-6)18(5)34(9-3)25(35)31-17(4)8-2/h7-8,11-15,17-18H,1-2,9-10,16H2,3-6H3,(H,31,35)/t17-,18+/m0/s1. The number of amides is 2. The van der Waals surface area contributed by atoms with Crippen LogP contribution in [0.25, 0.3) is 16.9 Å². The maximum absolute atomic E-state index is 14.1. The molecular formula is C26H32F2N6O3. The van der Waals surface area contributed by atoms with Gasteiger partial charge in [-0.3, -0.25) is 4.98 Å². The van der Waals surface area contributed by atoms with Crippen molar-refractivity contribution in [3.63, 3.8) is 0 Å². The summed E-state index contributed by atoms with van der Waals surface area (Å²) < 4.78 is 40.7. The quantitative estimate of drug-likeness (QED) is 0.340. The fraction of sp³-hybridized carbons (Fsp3) is 0.385. The largest absolute Gasteiger partial charge is 0.494 e. The van der Waals surface area contributed by atoms with Crippen LogP contribution in [-0.2, 0) is 0 Å². The Morgan fingerprint density at radius 1 is 1.32 bits per heavy atom. The molecule has 11 heteroatoms. The number of pyridine rings is 1. The lowest BCUT2D eigenvalue weighted by atomic mass is 10.1. The van der Waals surface area contributed by atoms with Crippen LogP contribution in [0.5, 0.6) is 11.6 Å². The molecule has 3 rings (SSSR count). The lowest BCUT2D eigenvalue weighted by Crippen LogP contribution is -2.44. The molecule has 198 valence electrons. The smallest absolute Gasteiger partial charge is 0.318 e. The minimum Gasteiger partial charge on any atom is -0.494 e. The molecule has 3 aromatic heterocycles. The average Bonchev–Trinajstić information content (AvgIpc) is 3.36. The Balaban J connectivity index is 2.01. The maximum Gasteiger partial charge on any atom is 0.318 e. The van der Waals surface area contributed by atoms with Gasteiger partial charge in [0.05, 0.1) is 30.7 Å². The summed E-state index contributed by atoms with van der Waals surface area (Å²) >= 11 is 0. The van der Waals surface area contributed by atoms with Gasteiger partial charge in [0.1, 0.15) is 5.75 Å². The number of ether oxygens (including phenoxy) is 2. The molecule has 0 saturated heterocycles. The highest BCUT2D eigenvalue weighted by Gasteiger charge is 2.29. The third-order valence-corrected chi connectivity index (χ3v) is 5.79. The van der Waals surface area contributed by atoms with Gasteiger partial charge in [0.15, 0.2) is 6.61 Å². The van der Waals surface area contributed by atoms with Gasteiger partial charge < -0.3 is 24.1 Å². The Bertz CT molecular complexity index is 1260. The number of allylic oxidation sites excluding steroid dienone is 1. The van der Waals surface area contributed by atoms with Crippen LogP contribution in [0.2, 0.25) is 0 Å². The third kappa shape index (κ3) is 6.41. The number of hydrogen-bond donors (Lipinski definition) is 1. The van der Waals surface area contributed by atoms with Crippen molar-refractivity contribution >= 4 is 11.7 Å². The molecule has 0 aromatic carbocycles. The Hall–Kier alpha value is -4.02. The van der Waals surface area contributed by atoms with E-state index in [4.69, 9.17) is 9.47 Å². The van der Waals surface area contributed by atoms with Gasteiger partial charge in [-0.2, -0.15) is 0 Å². The van der Waals surface area contributed by atoms with Gasteiger partial charge in [0, 0.05) is 43.2 Å².